The fourth-order valence-electron chi connectivity index (χ4n) is 2.58. The maximum Gasteiger partial charge on any atom is 0.273 e. The van der Waals surface area contributed by atoms with E-state index in [4.69, 9.17) is 0 Å². The summed E-state index contributed by atoms with van der Waals surface area (Å²) in [6, 6.07) is 4.37. The fraction of sp³-hybridized carbons (Fsp3) is 0.353. The van der Waals surface area contributed by atoms with Crippen LogP contribution in [0.4, 0.5) is 10.8 Å². The van der Waals surface area contributed by atoms with Crippen molar-refractivity contribution in [1.82, 2.24) is 9.88 Å². The summed E-state index contributed by atoms with van der Waals surface area (Å²) in [5, 5.41) is 14.3. The second-order valence-electron chi connectivity index (χ2n) is 6.25. The molecular weight excluding hydrogens is 356 g/mol. The lowest BCUT2D eigenvalue weighted by Gasteiger charge is -2.21. The Bertz CT molecular complexity index is 875. The summed E-state index contributed by atoms with van der Waals surface area (Å²) in [4.78, 5) is 42.2. The van der Waals surface area contributed by atoms with Crippen molar-refractivity contribution < 1.29 is 14.5 Å². The van der Waals surface area contributed by atoms with Crippen molar-refractivity contribution in [2.24, 2.45) is 0 Å². The number of nitro benzene ring substituents is 1. The normalized spacial score (nSPS) is 13.3. The van der Waals surface area contributed by atoms with Crippen molar-refractivity contribution >= 4 is 34.0 Å². The van der Waals surface area contributed by atoms with E-state index in [1.807, 2.05) is 6.92 Å². The summed E-state index contributed by atoms with van der Waals surface area (Å²) < 4.78 is 0. The van der Waals surface area contributed by atoms with Gasteiger partial charge in [-0.2, -0.15) is 0 Å². The molecule has 1 heterocycles. The van der Waals surface area contributed by atoms with E-state index in [1.54, 1.807) is 25.3 Å². The summed E-state index contributed by atoms with van der Waals surface area (Å²) in [7, 11) is 0. The van der Waals surface area contributed by atoms with E-state index in [0.29, 0.717) is 10.7 Å². The van der Waals surface area contributed by atoms with Gasteiger partial charge < -0.3 is 10.2 Å². The topological polar surface area (TPSA) is 105 Å². The molecule has 0 spiro atoms. The molecule has 2 amide bonds. The van der Waals surface area contributed by atoms with Gasteiger partial charge in [-0.3, -0.25) is 19.7 Å². The molecule has 1 aromatic carbocycles. The maximum atomic E-state index is 12.8. The monoisotopic (exact) mass is 374 g/mol. The first-order valence-corrected chi connectivity index (χ1v) is 8.95. The van der Waals surface area contributed by atoms with Crippen LogP contribution in [0, 0.1) is 24.0 Å². The molecular formula is C17H18N4O4S. The van der Waals surface area contributed by atoms with E-state index in [9.17, 15) is 19.7 Å². The zero-order valence-electron chi connectivity index (χ0n) is 14.4. The highest BCUT2D eigenvalue weighted by atomic mass is 32.1. The molecule has 0 bridgehead atoms. The summed E-state index contributed by atoms with van der Waals surface area (Å²) in [6.45, 7) is 3.40. The van der Waals surface area contributed by atoms with Gasteiger partial charge in [0.2, 0.25) is 5.91 Å². The van der Waals surface area contributed by atoms with Gasteiger partial charge in [0.1, 0.15) is 6.54 Å². The minimum absolute atomic E-state index is 0.00774. The molecule has 0 atom stereocenters. The number of hydrogen-bond donors (Lipinski definition) is 1. The fourth-order valence-corrected chi connectivity index (χ4v) is 3.26. The molecule has 0 aliphatic heterocycles. The van der Waals surface area contributed by atoms with Crippen molar-refractivity contribution in [3.8, 4) is 0 Å². The zero-order chi connectivity index (χ0) is 18.8. The molecule has 0 saturated heterocycles. The predicted octanol–water partition coefficient (Wildman–Crippen LogP) is 2.91. The number of nitrogens with one attached hydrogen (secondary N) is 1. The number of benzene rings is 1. The first-order chi connectivity index (χ1) is 12.3. The van der Waals surface area contributed by atoms with Crippen molar-refractivity contribution in [3.63, 3.8) is 0 Å². The Morgan fingerprint density at radius 2 is 2.12 bits per heavy atom. The van der Waals surface area contributed by atoms with Gasteiger partial charge in [-0.25, -0.2) is 4.98 Å². The van der Waals surface area contributed by atoms with Crippen molar-refractivity contribution in [1.29, 1.82) is 0 Å². The third-order valence-corrected chi connectivity index (χ3v) is 4.91. The van der Waals surface area contributed by atoms with Crippen LogP contribution in [-0.4, -0.2) is 39.2 Å². The summed E-state index contributed by atoms with van der Waals surface area (Å²) >= 11 is 1.36. The second kappa shape index (κ2) is 7.20. The van der Waals surface area contributed by atoms with Crippen LogP contribution < -0.4 is 5.32 Å². The van der Waals surface area contributed by atoms with Gasteiger partial charge in [0.15, 0.2) is 5.13 Å². The number of carbonyl (C=O) groups is 2. The van der Waals surface area contributed by atoms with Crippen LogP contribution in [0.2, 0.25) is 0 Å². The zero-order valence-corrected chi connectivity index (χ0v) is 15.2. The molecule has 0 unspecified atom stereocenters. The Kier molecular flexibility index (Phi) is 4.99. The van der Waals surface area contributed by atoms with E-state index in [1.165, 1.54) is 22.3 Å². The molecule has 3 rings (SSSR count). The number of amides is 2. The van der Waals surface area contributed by atoms with Gasteiger partial charge in [0.25, 0.3) is 11.6 Å². The number of aromatic nitrogens is 1. The average molecular weight is 374 g/mol. The molecule has 26 heavy (non-hydrogen) atoms. The van der Waals surface area contributed by atoms with Gasteiger partial charge in [0, 0.05) is 34.3 Å². The van der Waals surface area contributed by atoms with Gasteiger partial charge in [-0.1, -0.05) is 6.07 Å². The van der Waals surface area contributed by atoms with Gasteiger partial charge >= 0.3 is 0 Å². The Morgan fingerprint density at radius 3 is 2.69 bits per heavy atom. The van der Waals surface area contributed by atoms with E-state index in [-0.39, 0.29) is 35.7 Å². The first-order valence-electron chi connectivity index (χ1n) is 8.13. The molecule has 136 valence electrons. The molecule has 1 aliphatic carbocycles. The van der Waals surface area contributed by atoms with Crippen LogP contribution in [0.5, 0.6) is 0 Å². The highest BCUT2D eigenvalue weighted by Gasteiger charge is 2.35. The van der Waals surface area contributed by atoms with Crippen molar-refractivity contribution in [2.45, 2.75) is 32.7 Å². The Morgan fingerprint density at radius 1 is 1.38 bits per heavy atom. The van der Waals surface area contributed by atoms with E-state index < -0.39 is 4.92 Å². The number of thiazole rings is 1. The predicted molar refractivity (Wildman–Crippen MR) is 97.4 cm³/mol. The molecule has 1 N–H and O–H groups in total. The molecule has 1 fully saturated rings. The summed E-state index contributed by atoms with van der Waals surface area (Å²) in [6.07, 6.45) is 3.31. The van der Waals surface area contributed by atoms with E-state index in [0.717, 1.165) is 17.7 Å². The smallest absolute Gasteiger partial charge is 0.273 e. The number of anilines is 1. The molecule has 2 aromatic rings. The lowest BCUT2D eigenvalue weighted by molar-refractivity contribution is -0.385. The van der Waals surface area contributed by atoms with Crippen LogP contribution in [0.25, 0.3) is 0 Å². The minimum Gasteiger partial charge on any atom is -0.326 e. The Balaban J connectivity index is 1.75. The maximum absolute atomic E-state index is 12.8. The number of nitrogens with zero attached hydrogens (tertiary/aromatic N) is 3. The molecule has 1 saturated carbocycles. The quantitative estimate of drug-likeness (QED) is 0.618. The summed E-state index contributed by atoms with van der Waals surface area (Å²) in [5.74, 6) is -0.706. The molecule has 9 heteroatoms. The molecule has 1 aromatic heterocycles. The van der Waals surface area contributed by atoms with Crippen molar-refractivity contribution in [3.05, 3.63) is 50.5 Å². The largest absolute Gasteiger partial charge is 0.326 e. The van der Waals surface area contributed by atoms with E-state index >= 15 is 0 Å². The van der Waals surface area contributed by atoms with Crippen LogP contribution in [-0.2, 0) is 4.79 Å². The van der Waals surface area contributed by atoms with E-state index in [2.05, 4.69) is 10.3 Å². The highest BCUT2D eigenvalue weighted by molar-refractivity contribution is 7.15. The number of hydrogen-bond acceptors (Lipinski definition) is 6. The summed E-state index contributed by atoms with van der Waals surface area (Å²) in [5.41, 5.74) is 0.600. The lowest BCUT2D eigenvalue weighted by atomic mass is 10.1. The molecule has 1 aliphatic rings. The molecule has 8 nitrogen and oxygen atoms in total. The van der Waals surface area contributed by atoms with Crippen LogP contribution in [0.1, 0.15) is 33.6 Å². The Labute approximate surface area is 154 Å². The third-order valence-electron chi connectivity index (χ3n) is 4.08. The average Bonchev–Trinajstić information content (AvgIpc) is 3.35. The van der Waals surface area contributed by atoms with Crippen molar-refractivity contribution in [2.75, 3.05) is 11.9 Å². The minimum atomic E-state index is -0.509. The number of nitro groups is 1. The lowest BCUT2D eigenvalue weighted by Crippen LogP contribution is -2.39. The van der Waals surface area contributed by atoms with Crippen LogP contribution in [0.3, 0.4) is 0 Å². The number of aryl methyl sites for hydroxylation is 2. The second-order valence-corrected chi connectivity index (χ2v) is 7.48. The first kappa shape index (κ1) is 18.0. The highest BCUT2D eigenvalue weighted by Crippen LogP contribution is 2.29. The SMILES string of the molecule is Cc1cnc(NC(=O)CN(C(=O)c2ccc(C)c([N+](=O)[O-])c2)C2CC2)s1. The van der Waals surface area contributed by atoms with Gasteiger partial charge in [0.05, 0.1) is 4.92 Å². The Hall–Kier alpha value is -2.81. The third kappa shape index (κ3) is 4.05. The van der Waals surface area contributed by atoms with Crippen LogP contribution >= 0.6 is 11.3 Å². The standard InChI is InChI=1S/C17H18N4O4S/c1-10-3-4-12(7-14(10)21(24)25)16(23)20(13-5-6-13)9-15(22)19-17-18-8-11(2)26-17/h3-4,7-8,13H,5-6,9H2,1-2H3,(H,18,19,22). The number of carbonyl (C=O) groups excluding carboxylic acids is 2. The van der Waals surface area contributed by atoms with Gasteiger partial charge in [-0.05, 0) is 32.8 Å². The number of rotatable bonds is 6. The molecule has 0 radical (unpaired) electrons. The van der Waals surface area contributed by atoms with Gasteiger partial charge in [-0.15, -0.1) is 11.3 Å². The van der Waals surface area contributed by atoms with Crippen LogP contribution in [0.15, 0.2) is 24.4 Å².